The summed E-state index contributed by atoms with van der Waals surface area (Å²) < 4.78 is 0. The highest BCUT2D eigenvalue weighted by molar-refractivity contribution is 8.00. The van der Waals surface area contributed by atoms with Crippen molar-refractivity contribution in [2.75, 3.05) is 16.4 Å². The molecule has 2 rings (SSSR count). The van der Waals surface area contributed by atoms with Gasteiger partial charge >= 0.3 is 0 Å². The maximum atomic E-state index is 12.0. The zero-order chi connectivity index (χ0) is 17.6. The molecular formula is C18H21N3O2S. The Morgan fingerprint density at radius 1 is 1.04 bits per heavy atom. The van der Waals surface area contributed by atoms with Gasteiger partial charge in [0.05, 0.1) is 5.75 Å². The Kier molecular flexibility index (Phi) is 5.98. The molecular weight excluding hydrogens is 322 g/mol. The van der Waals surface area contributed by atoms with Crippen LogP contribution >= 0.6 is 11.8 Å². The zero-order valence-corrected chi connectivity index (χ0v) is 14.8. The number of aromatic nitrogens is 1. The quantitative estimate of drug-likeness (QED) is 0.810. The summed E-state index contributed by atoms with van der Waals surface area (Å²) in [5, 5.41) is 5.69. The van der Waals surface area contributed by atoms with Crippen LogP contribution in [0.2, 0.25) is 0 Å². The monoisotopic (exact) mass is 343 g/mol. The van der Waals surface area contributed by atoms with Gasteiger partial charge in [-0.25, -0.2) is 0 Å². The van der Waals surface area contributed by atoms with Gasteiger partial charge < -0.3 is 10.6 Å². The van der Waals surface area contributed by atoms with Crippen molar-refractivity contribution in [3.63, 3.8) is 0 Å². The number of amides is 2. The van der Waals surface area contributed by atoms with Gasteiger partial charge in [0.15, 0.2) is 0 Å². The van der Waals surface area contributed by atoms with Gasteiger partial charge in [-0.15, -0.1) is 11.8 Å². The summed E-state index contributed by atoms with van der Waals surface area (Å²) in [5.74, 6) is 0.137. The van der Waals surface area contributed by atoms with Gasteiger partial charge in [-0.05, 0) is 30.3 Å². The van der Waals surface area contributed by atoms with Crippen molar-refractivity contribution in [3.8, 4) is 0 Å². The van der Waals surface area contributed by atoms with Crippen molar-refractivity contribution in [1.82, 2.24) is 4.98 Å². The highest BCUT2D eigenvalue weighted by Gasteiger charge is 2.21. The van der Waals surface area contributed by atoms with E-state index in [0.717, 1.165) is 4.90 Å². The Morgan fingerprint density at radius 3 is 2.29 bits per heavy atom. The minimum atomic E-state index is -0.472. The van der Waals surface area contributed by atoms with Crippen molar-refractivity contribution in [1.29, 1.82) is 0 Å². The van der Waals surface area contributed by atoms with Gasteiger partial charge in [0.2, 0.25) is 11.8 Å². The molecule has 1 aromatic heterocycles. The lowest BCUT2D eigenvalue weighted by molar-refractivity contribution is -0.123. The van der Waals surface area contributed by atoms with Crippen LogP contribution in [0.1, 0.15) is 20.8 Å². The number of nitrogens with zero attached hydrogens (tertiary/aromatic N) is 1. The molecule has 5 nitrogen and oxygen atoms in total. The van der Waals surface area contributed by atoms with Crippen LogP contribution in [0, 0.1) is 5.41 Å². The van der Waals surface area contributed by atoms with Crippen molar-refractivity contribution in [3.05, 3.63) is 48.8 Å². The predicted molar refractivity (Wildman–Crippen MR) is 98.1 cm³/mol. The van der Waals surface area contributed by atoms with Gasteiger partial charge in [-0.1, -0.05) is 26.8 Å². The summed E-state index contributed by atoms with van der Waals surface area (Å²) in [5.41, 5.74) is 0.844. The number of nitrogens with one attached hydrogen (secondary N) is 2. The molecule has 0 atom stereocenters. The molecule has 2 aromatic rings. The normalized spacial score (nSPS) is 11.0. The maximum Gasteiger partial charge on any atom is 0.234 e. The molecule has 0 saturated carbocycles. The summed E-state index contributed by atoms with van der Waals surface area (Å²) >= 11 is 1.44. The van der Waals surface area contributed by atoms with Crippen molar-refractivity contribution < 1.29 is 9.59 Å². The molecule has 126 valence electrons. The topological polar surface area (TPSA) is 71.1 Å². The molecule has 2 N–H and O–H groups in total. The van der Waals surface area contributed by atoms with Crippen molar-refractivity contribution >= 4 is 35.0 Å². The smallest absolute Gasteiger partial charge is 0.234 e. The third-order valence-electron chi connectivity index (χ3n) is 3.11. The first-order valence-corrected chi connectivity index (χ1v) is 8.57. The van der Waals surface area contributed by atoms with Gasteiger partial charge in [-0.2, -0.15) is 0 Å². The molecule has 0 spiro atoms. The average molecular weight is 343 g/mol. The number of pyridine rings is 1. The van der Waals surface area contributed by atoms with E-state index in [9.17, 15) is 9.59 Å². The number of anilines is 2. The molecule has 2 amide bonds. The van der Waals surface area contributed by atoms with Crippen LogP contribution in [-0.4, -0.2) is 22.6 Å². The Labute approximate surface area is 146 Å². The molecule has 0 fully saturated rings. The average Bonchev–Trinajstić information content (AvgIpc) is 2.53. The third-order valence-corrected chi connectivity index (χ3v) is 4.12. The number of benzene rings is 1. The largest absolute Gasteiger partial charge is 0.326 e. The van der Waals surface area contributed by atoms with E-state index in [2.05, 4.69) is 15.6 Å². The van der Waals surface area contributed by atoms with Gasteiger partial charge in [0.25, 0.3) is 0 Å². The highest BCUT2D eigenvalue weighted by Crippen LogP contribution is 2.21. The van der Waals surface area contributed by atoms with E-state index < -0.39 is 5.41 Å². The molecule has 0 aliphatic heterocycles. The van der Waals surface area contributed by atoms with Crippen LogP contribution in [0.25, 0.3) is 0 Å². The number of hydrogen-bond acceptors (Lipinski definition) is 4. The van der Waals surface area contributed by atoms with Gasteiger partial charge in [0.1, 0.15) is 0 Å². The number of carbonyl (C=O) groups is 2. The Morgan fingerprint density at radius 2 is 1.67 bits per heavy atom. The second kappa shape index (κ2) is 7.97. The first-order chi connectivity index (χ1) is 11.3. The lowest BCUT2D eigenvalue weighted by atomic mass is 9.95. The maximum absolute atomic E-state index is 12.0. The highest BCUT2D eigenvalue weighted by atomic mass is 32.2. The van der Waals surface area contributed by atoms with Crippen LogP contribution in [-0.2, 0) is 9.59 Å². The number of hydrogen-bond donors (Lipinski definition) is 2. The van der Waals surface area contributed by atoms with E-state index >= 15 is 0 Å². The van der Waals surface area contributed by atoms with Crippen molar-refractivity contribution in [2.45, 2.75) is 25.7 Å². The second-order valence-corrected chi connectivity index (χ2v) is 7.35. The third kappa shape index (κ3) is 5.70. The minimum Gasteiger partial charge on any atom is -0.326 e. The number of thioether (sulfide) groups is 1. The van der Waals surface area contributed by atoms with Crippen molar-refractivity contribution in [2.24, 2.45) is 5.41 Å². The molecule has 1 heterocycles. The summed E-state index contributed by atoms with van der Waals surface area (Å²) in [6.45, 7) is 5.55. The summed E-state index contributed by atoms with van der Waals surface area (Å²) in [6.07, 6.45) is 3.39. The molecule has 0 saturated heterocycles. The lowest BCUT2D eigenvalue weighted by Crippen LogP contribution is -2.27. The molecule has 0 aliphatic carbocycles. The van der Waals surface area contributed by atoms with Crippen LogP contribution in [0.3, 0.4) is 0 Å². The summed E-state index contributed by atoms with van der Waals surface area (Å²) in [7, 11) is 0. The number of rotatable bonds is 5. The first kappa shape index (κ1) is 18.0. The standard InChI is InChI=1S/C18H21N3O2S/c1-18(2,3)17(23)21-14-6-4-5-13(11-14)20-16(22)12-24-15-7-9-19-10-8-15/h4-11H,12H2,1-3H3,(H,20,22)(H,21,23). The SMILES string of the molecule is CC(C)(C)C(=O)Nc1cccc(NC(=O)CSc2ccncc2)c1. The fourth-order valence-electron chi connectivity index (χ4n) is 1.77. The van der Waals surface area contributed by atoms with E-state index in [1.807, 2.05) is 32.9 Å². The molecule has 0 unspecified atom stereocenters. The Balaban J connectivity index is 1.91. The van der Waals surface area contributed by atoms with Gasteiger partial charge in [0, 0.05) is 34.1 Å². The molecule has 6 heteroatoms. The molecule has 0 radical (unpaired) electrons. The van der Waals surface area contributed by atoms with E-state index in [1.54, 1.807) is 36.7 Å². The van der Waals surface area contributed by atoms with E-state index in [1.165, 1.54) is 11.8 Å². The van der Waals surface area contributed by atoms with Gasteiger partial charge in [-0.3, -0.25) is 14.6 Å². The number of carbonyl (C=O) groups excluding carboxylic acids is 2. The van der Waals surface area contributed by atoms with E-state index in [-0.39, 0.29) is 11.8 Å². The second-order valence-electron chi connectivity index (χ2n) is 6.30. The molecule has 0 aliphatic rings. The summed E-state index contributed by atoms with van der Waals surface area (Å²) in [4.78, 5) is 29.0. The van der Waals surface area contributed by atoms with Crippen LogP contribution in [0.5, 0.6) is 0 Å². The van der Waals surface area contributed by atoms with Crippen LogP contribution in [0.4, 0.5) is 11.4 Å². The molecule has 24 heavy (non-hydrogen) atoms. The van der Waals surface area contributed by atoms with Crippen LogP contribution in [0.15, 0.2) is 53.7 Å². The summed E-state index contributed by atoms with van der Waals surface area (Å²) in [6, 6.07) is 10.9. The van der Waals surface area contributed by atoms with E-state index in [4.69, 9.17) is 0 Å². The molecule has 0 bridgehead atoms. The zero-order valence-electron chi connectivity index (χ0n) is 14.0. The predicted octanol–water partition coefficient (Wildman–Crippen LogP) is 3.80. The minimum absolute atomic E-state index is 0.0702. The lowest BCUT2D eigenvalue weighted by Gasteiger charge is -2.18. The first-order valence-electron chi connectivity index (χ1n) is 7.59. The Bertz CT molecular complexity index is 712. The molecule has 1 aromatic carbocycles. The van der Waals surface area contributed by atoms with Crippen LogP contribution < -0.4 is 10.6 Å². The van der Waals surface area contributed by atoms with E-state index in [0.29, 0.717) is 17.1 Å². The fraction of sp³-hybridized carbons (Fsp3) is 0.278. The Hall–Kier alpha value is -2.34. The fourth-order valence-corrected chi connectivity index (χ4v) is 2.46.